The Bertz CT molecular complexity index is 1240. The summed E-state index contributed by atoms with van der Waals surface area (Å²) in [6.45, 7) is 1.80. The van der Waals surface area contributed by atoms with Crippen molar-refractivity contribution in [3.63, 3.8) is 0 Å². The number of rotatable bonds is 5. The number of hydrogen-bond donors (Lipinski definition) is 2. The van der Waals surface area contributed by atoms with Crippen molar-refractivity contribution in [2.45, 2.75) is 6.92 Å². The fraction of sp³-hybridized carbons (Fsp3) is 0.0526. The third-order valence-electron chi connectivity index (χ3n) is 4.35. The van der Waals surface area contributed by atoms with Gasteiger partial charge in [-0.1, -0.05) is 30.3 Å². The van der Waals surface area contributed by atoms with Crippen LogP contribution in [0.15, 0.2) is 61.2 Å². The predicted molar refractivity (Wildman–Crippen MR) is 106 cm³/mol. The highest BCUT2D eigenvalue weighted by Crippen LogP contribution is 2.29. The number of hydrazine groups is 1. The number of benzene rings is 2. The molecule has 0 saturated carbocycles. The van der Waals surface area contributed by atoms with Gasteiger partial charge in [0.05, 0.1) is 16.0 Å². The van der Waals surface area contributed by atoms with Crippen molar-refractivity contribution in [3.05, 3.63) is 82.4 Å². The van der Waals surface area contributed by atoms with Crippen LogP contribution in [0.3, 0.4) is 0 Å². The summed E-state index contributed by atoms with van der Waals surface area (Å²) >= 11 is 0. The van der Waals surface area contributed by atoms with Crippen LogP contribution in [0, 0.1) is 17.0 Å². The number of fused-ring (bicyclic) bond motifs is 1. The van der Waals surface area contributed by atoms with Crippen molar-refractivity contribution in [1.82, 2.24) is 24.9 Å². The van der Waals surface area contributed by atoms with Gasteiger partial charge in [-0.05, 0) is 30.7 Å². The molecule has 0 bridgehead atoms. The number of anilines is 1. The maximum absolute atomic E-state index is 12.4. The predicted octanol–water partition coefficient (Wildman–Crippen LogP) is 2.79. The zero-order valence-electron chi connectivity index (χ0n) is 15.2. The number of aromatic nitrogens is 4. The first-order valence-corrected chi connectivity index (χ1v) is 8.60. The van der Waals surface area contributed by atoms with Crippen LogP contribution in [-0.4, -0.2) is 30.3 Å². The van der Waals surface area contributed by atoms with Crippen LogP contribution in [0.4, 0.5) is 11.5 Å². The summed E-state index contributed by atoms with van der Waals surface area (Å²) in [7, 11) is 0. The van der Waals surface area contributed by atoms with E-state index in [1.807, 2.05) is 12.1 Å². The van der Waals surface area contributed by atoms with Crippen LogP contribution in [0.1, 0.15) is 15.9 Å². The third kappa shape index (κ3) is 3.34. The van der Waals surface area contributed by atoms with Crippen LogP contribution in [-0.2, 0) is 0 Å². The van der Waals surface area contributed by atoms with Gasteiger partial charge in [-0.3, -0.25) is 30.3 Å². The molecule has 1 amide bonds. The van der Waals surface area contributed by atoms with E-state index in [4.69, 9.17) is 0 Å². The lowest BCUT2D eigenvalue weighted by Gasteiger charge is -2.11. The highest BCUT2D eigenvalue weighted by atomic mass is 16.6. The first kappa shape index (κ1) is 18.0. The van der Waals surface area contributed by atoms with Crippen molar-refractivity contribution < 1.29 is 9.72 Å². The molecule has 4 aromatic rings. The van der Waals surface area contributed by atoms with E-state index in [2.05, 4.69) is 25.8 Å². The van der Waals surface area contributed by atoms with E-state index >= 15 is 0 Å². The van der Waals surface area contributed by atoms with Crippen molar-refractivity contribution in [2.75, 3.05) is 5.43 Å². The van der Waals surface area contributed by atoms with Gasteiger partial charge in [-0.25, -0.2) is 15.0 Å². The van der Waals surface area contributed by atoms with Crippen LogP contribution in [0.2, 0.25) is 0 Å². The molecule has 0 saturated heterocycles. The molecule has 0 aliphatic rings. The summed E-state index contributed by atoms with van der Waals surface area (Å²) < 4.78 is 1.50. The van der Waals surface area contributed by atoms with E-state index < -0.39 is 10.8 Å². The molecule has 2 aromatic heterocycles. The summed E-state index contributed by atoms with van der Waals surface area (Å²) in [5, 5.41) is 11.8. The zero-order chi connectivity index (χ0) is 20.4. The van der Waals surface area contributed by atoms with Gasteiger partial charge in [0, 0.05) is 5.56 Å². The van der Waals surface area contributed by atoms with E-state index in [1.165, 1.54) is 17.2 Å². The average molecular weight is 389 g/mol. The van der Waals surface area contributed by atoms with Crippen molar-refractivity contribution in [2.24, 2.45) is 0 Å². The topological polar surface area (TPSA) is 128 Å². The normalized spacial score (nSPS) is 10.7. The smallest absolute Gasteiger partial charge is 0.277 e. The molecule has 144 valence electrons. The first-order valence-electron chi connectivity index (χ1n) is 8.60. The lowest BCUT2D eigenvalue weighted by molar-refractivity contribution is -0.384. The highest BCUT2D eigenvalue weighted by molar-refractivity contribution is 5.96. The second-order valence-electron chi connectivity index (χ2n) is 6.15. The molecular formula is C19H15N7O3. The minimum Gasteiger partial charge on any atom is -0.277 e. The lowest BCUT2D eigenvalue weighted by Crippen LogP contribution is -2.31. The molecule has 2 aromatic carbocycles. The highest BCUT2D eigenvalue weighted by Gasteiger charge is 2.26. The second-order valence-corrected chi connectivity index (χ2v) is 6.15. The minimum atomic E-state index is -0.605. The van der Waals surface area contributed by atoms with Crippen LogP contribution in [0.5, 0.6) is 0 Å². The molecule has 2 heterocycles. The van der Waals surface area contributed by atoms with Gasteiger partial charge in [-0.2, -0.15) is 0 Å². The Morgan fingerprint density at radius 2 is 1.83 bits per heavy atom. The second kappa shape index (κ2) is 7.35. The van der Waals surface area contributed by atoms with Gasteiger partial charge in [0.1, 0.15) is 12.7 Å². The number of nitrogens with zero attached hydrogens (tertiary/aromatic N) is 5. The van der Waals surface area contributed by atoms with Gasteiger partial charge in [-0.15, -0.1) is 0 Å². The molecule has 0 fully saturated rings. The van der Waals surface area contributed by atoms with E-state index in [-0.39, 0.29) is 17.3 Å². The number of nitrogens with one attached hydrogen (secondary N) is 2. The number of imidazole rings is 1. The van der Waals surface area contributed by atoms with Gasteiger partial charge in [0.2, 0.25) is 11.6 Å². The van der Waals surface area contributed by atoms with Gasteiger partial charge in [0.25, 0.3) is 5.91 Å². The number of nitro groups is 1. The van der Waals surface area contributed by atoms with E-state index in [0.29, 0.717) is 16.6 Å². The van der Waals surface area contributed by atoms with Gasteiger partial charge < -0.3 is 0 Å². The Morgan fingerprint density at radius 1 is 1.07 bits per heavy atom. The third-order valence-corrected chi connectivity index (χ3v) is 4.35. The Balaban J connectivity index is 1.70. The molecule has 10 heteroatoms. The average Bonchev–Trinajstić information content (AvgIpc) is 3.16. The van der Waals surface area contributed by atoms with Crippen LogP contribution >= 0.6 is 0 Å². The molecule has 29 heavy (non-hydrogen) atoms. The molecule has 0 unspecified atom stereocenters. The molecule has 10 nitrogen and oxygen atoms in total. The molecule has 0 aliphatic heterocycles. The summed E-state index contributed by atoms with van der Waals surface area (Å²) in [5.74, 6) is -0.545. The SMILES string of the molecule is Cc1ccccc1C(=O)NNc1ncnc(-n2cnc3ccccc32)c1[N+](=O)[O-]. The number of amides is 1. The van der Waals surface area contributed by atoms with Crippen LogP contribution in [0.25, 0.3) is 16.9 Å². The molecule has 0 atom stereocenters. The maximum atomic E-state index is 12.4. The monoisotopic (exact) mass is 389 g/mol. The van der Waals surface area contributed by atoms with Crippen molar-refractivity contribution >= 4 is 28.4 Å². The quantitative estimate of drug-likeness (QED) is 0.397. The van der Waals surface area contributed by atoms with Gasteiger partial charge in [0.15, 0.2) is 0 Å². The molecular weight excluding hydrogens is 374 g/mol. The standard InChI is InChI=1S/C19H15N7O3/c1-12-6-2-3-7-13(12)19(27)24-23-17-16(26(28)29)18(21-10-20-17)25-11-22-14-8-4-5-9-15(14)25/h2-11H,1H3,(H,24,27)(H,20,21,23). The number of para-hydroxylation sites is 2. The molecule has 0 radical (unpaired) electrons. The largest absolute Gasteiger partial charge is 0.355 e. The summed E-state index contributed by atoms with van der Waals surface area (Å²) in [6, 6.07) is 14.2. The van der Waals surface area contributed by atoms with E-state index in [9.17, 15) is 14.9 Å². The Morgan fingerprint density at radius 3 is 2.62 bits per heavy atom. The van der Waals surface area contributed by atoms with Gasteiger partial charge >= 0.3 is 5.69 Å². The number of aryl methyl sites for hydroxylation is 1. The molecule has 2 N–H and O–H groups in total. The summed E-state index contributed by atoms with van der Waals surface area (Å²) in [5.41, 5.74) is 7.15. The maximum Gasteiger partial charge on any atom is 0.355 e. The van der Waals surface area contributed by atoms with Crippen molar-refractivity contribution in [3.8, 4) is 5.82 Å². The fourth-order valence-corrected chi connectivity index (χ4v) is 2.94. The minimum absolute atomic E-state index is 0.0336. The van der Waals surface area contributed by atoms with Crippen LogP contribution < -0.4 is 10.9 Å². The Kier molecular flexibility index (Phi) is 4.57. The first-order chi connectivity index (χ1) is 14.1. The number of hydrogen-bond acceptors (Lipinski definition) is 7. The molecule has 4 rings (SSSR count). The molecule has 0 spiro atoms. The van der Waals surface area contributed by atoms with Crippen molar-refractivity contribution in [1.29, 1.82) is 0 Å². The Hall–Kier alpha value is -4.34. The number of carbonyl (C=O) groups excluding carboxylic acids is 1. The lowest BCUT2D eigenvalue weighted by atomic mass is 10.1. The summed E-state index contributed by atoms with van der Waals surface area (Å²) in [6.07, 6.45) is 2.63. The fourth-order valence-electron chi connectivity index (χ4n) is 2.94. The Labute approximate surface area is 164 Å². The van der Waals surface area contributed by atoms with E-state index in [0.717, 1.165) is 5.56 Å². The van der Waals surface area contributed by atoms with E-state index in [1.54, 1.807) is 43.3 Å². The molecule has 0 aliphatic carbocycles. The zero-order valence-corrected chi connectivity index (χ0v) is 15.2. The number of carbonyl (C=O) groups is 1. The summed E-state index contributed by atoms with van der Waals surface area (Å²) in [4.78, 5) is 35.8.